The Morgan fingerprint density at radius 1 is 0.852 bits per heavy atom. The fraction of sp³-hybridized carbons (Fsp3) is 0.909. The van der Waals surface area contributed by atoms with Crippen LogP contribution in [0.15, 0.2) is 0 Å². The molecular weight excluding hydrogens is 338 g/mol. The maximum absolute atomic E-state index is 12.8. The average molecular weight is 376 g/mol. The lowest BCUT2D eigenvalue weighted by molar-refractivity contribution is -0.130. The van der Waals surface area contributed by atoms with Crippen LogP contribution in [0.5, 0.6) is 0 Å². The predicted molar refractivity (Wildman–Crippen MR) is 106 cm³/mol. The first-order valence-corrected chi connectivity index (χ1v) is 11.2. The van der Waals surface area contributed by atoms with E-state index in [0.717, 1.165) is 37.8 Å². The Balaban J connectivity index is 1.25. The Labute approximate surface area is 164 Å². The second-order valence-electron chi connectivity index (χ2n) is 10.6. The number of hydrazine groups is 1. The Hall–Kier alpha value is -1.10. The third-order valence-corrected chi connectivity index (χ3v) is 7.47. The van der Waals surface area contributed by atoms with Crippen molar-refractivity contribution in [2.24, 2.45) is 29.1 Å². The Kier molecular flexibility index (Phi) is 5.50. The van der Waals surface area contributed by atoms with Crippen molar-refractivity contribution in [3.63, 3.8) is 0 Å². The van der Waals surface area contributed by atoms with Gasteiger partial charge in [0.25, 0.3) is 0 Å². The Morgan fingerprint density at radius 3 is 2.00 bits per heavy atom. The molecule has 4 aliphatic carbocycles. The molecule has 1 heterocycles. The second kappa shape index (κ2) is 7.73. The van der Waals surface area contributed by atoms with E-state index in [2.05, 4.69) is 10.7 Å². The van der Waals surface area contributed by atoms with Gasteiger partial charge in [-0.15, -0.1) is 0 Å². The van der Waals surface area contributed by atoms with E-state index in [0.29, 0.717) is 30.7 Å². The summed E-state index contributed by atoms with van der Waals surface area (Å²) in [7, 11) is 0. The van der Waals surface area contributed by atoms with Gasteiger partial charge in [0.1, 0.15) is 0 Å². The van der Waals surface area contributed by atoms with Crippen LogP contribution < -0.4 is 10.7 Å². The quantitative estimate of drug-likeness (QED) is 0.749. The highest BCUT2D eigenvalue weighted by Gasteiger charge is 2.48. The molecule has 1 saturated heterocycles. The van der Waals surface area contributed by atoms with Crippen LogP contribution in [-0.4, -0.2) is 36.0 Å². The van der Waals surface area contributed by atoms with Gasteiger partial charge in [-0.1, -0.05) is 20.3 Å². The fourth-order valence-corrected chi connectivity index (χ4v) is 6.55. The SMILES string of the molecule is CC(C)(CC(=O)NC1C2CC3CC(C2)CC1C3)CC(=O)NN1CCCCC1. The van der Waals surface area contributed by atoms with E-state index in [1.54, 1.807) is 0 Å². The van der Waals surface area contributed by atoms with E-state index in [-0.39, 0.29) is 17.2 Å². The van der Waals surface area contributed by atoms with Crippen LogP contribution in [0.3, 0.4) is 0 Å². The van der Waals surface area contributed by atoms with E-state index in [1.165, 1.54) is 38.5 Å². The fourth-order valence-electron chi connectivity index (χ4n) is 6.55. The molecule has 0 aromatic heterocycles. The summed E-state index contributed by atoms with van der Waals surface area (Å²) in [4.78, 5) is 25.2. The third-order valence-electron chi connectivity index (χ3n) is 7.47. The zero-order valence-electron chi connectivity index (χ0n) is 17.1. The zero-order valence-corrected chi connectivity index (χ0v) is 17.1. The highest BCUT2D eigenvalue weighted by atomic mass is 16.2. The molecule has 5 heteroatoms. The standard InChI is InChI=1S/C22H37N3O2/c1-22(2,14-20(27)24-25-6-4-3-5-7-25)13-19(26)23-21-17-9-15-8-16(11-17)12-18(21)10-15/h15-18,21H,3-14H2,1-2H3,(H,23,26)(H,24,27). The lowest BCUT2D eigenvalue weighted by Crippen LogP contribution is -2.56. The normalized spacial score (nSPS) is 35.9. The second-order valence-corrected chi connectivity index (χ2v) is 10.6. The lowest BCUT2D eigenvalue weighted by atomic mass is 9.54. The lowest BCUT2D eigenvalue weighted by Gasteiger charge is -2.54. The molecular formula is C22H37N3O2. The number of hydrogen-bond acceptors (Lipinski definition) is 3. The van der Waals surface area contributed by atoms with Gasteiger partial charge >= 0.3 is 0 Å². The van der Waals surface area contributed by atoms with Gasteiger partial charge in [-0.25, -0.2) is 5.01 Å². The molecule has 0 aromatic rings. The molecule has 0 radical (unpaired) electrons. The molecule has 4 bridgehead atoms. The van der Waals surface area contributed by atoms with E-state index < -0.39 is 0 Å². The van der Waals surface area contributed by atoms with E-state index in [1.807, 2.05) is 18.9 Å². The number of hydrogen-bond donors (Lipinski definition) is 2. The third kappa shape index (κ3) is 4.67. The van der Waals surface area contributed by atoms with Gasteiger partial charge in [-0.05, 0) is 74.0 Å². The molecule has 5 aliphatic rings. The number of carbonyl (C=O) groups excluding carboxylic acids is 2. The van der Waals surface area contributed by atoms with Gasteiger partial charge in [0.05, 0.1) is 0 Å². The van der Waals surface area contributed by atoms with E-state index in [4.69, 9.17) is 0 Å². The molecule has 0 spiro atoms. The van der Waals surface area contributed by atoms with Crippen molar-refractivity contribution in [3.8, 4) is 0 Å². The predicted octanol–water partition coefficient (Wildman–Crippen LogP) is 3.25. The molecule has 0 atom stereocenters. The highest BCUT2D eigenvalue weighted by molar-refractivity contribution is 5.80. The monoisotopic (exact) mass is 375 g/mol. The number of nitrogens with one attached hydrogen (secondary N) is 2. The topological polar surface area (TPSA) is 61.4 Å². The van der Waals surface area contributed by atoms with Crippen molar-refractivity contribution in [1.29, 1.82) is 0 Å². The zero-order chi connectivity index (χ0) is 19.0. The van der Waals surface area contributed by atoms with Crippen molar-refractivity contribution < 1.29 is 9.59 Å². The number of amides is 2. The highest BCUT2D eigenvalue weighted by Crippen LogP contribution is 2.53. The maximum atomic E-state index is 12.8. The number of piperidine rings is 1. The summed E-state index contributed by atoms with van der Waals surface area (Å²) < 4.78 is 0. The Morgan fingerprint density at radius 2 is 1.41 bits per heavy atom. The molecule has 5 rings (SSSR count). The number of nitrogens with zero attached hydrogens (tertiary/aromatic N) is 1. The molecule has 5 fully saturated rings. The molecule has 1 aliphatic heterocycles. The largest absolute Gasteiger partial charge is 0.353 e. The van der Waals surface area contributed by atoms with Gasteiger partial charge in [-0.2, -0.15) is 0 Å². The Bertz CT molecular complexity index is 540. The van der Waals surface area contributed by atoms with Gasteiger partial charge < -0.3 is 5.32 Å². The summed E-state index contributed by atoms with van der Waals surface area (Å²) in [6, 6.07) is 0.392. The van der Waals surface area contributed by atoms with Crippen LogP contribution >= 0.6 is 0 Å². The van der Waals surface area contributed by atoms with Crippen LogP contribution in [0.2, 0.25) is 0 Å². The van der Waals surface area contributed by atoms with Gasteiger partial charge in [-0.3, -0.25) is 15.0 Å². The minimum atomic E-state index is -0.310. The van der Waals surface area contributed by atoms with E-state index >= 15 is 0 Å². The van der Waals surface area contributed by atoms with Crippen molar-refractivity contribution in [2.75, 3.05) is 13.1 Å². The van der Waals surface area contributed by atoms with Gasteiger partial charge in [0.2, 0.25) is 11.8 Å². The van der Waals surface area contributed by atoms with Crippen LogP contribution in [0.1, 0.15) is 78.1 Å². The molecule has 0 aromatic carbocycles. The van der Waals surface area contributed by atoms with Crippen molar-refractivity contribution in [2.45, 2.75) is 84.1 Å². The number of rotatable bonds is 6. The first-order chi connectivity index (χ1) is 12.9. The summed E-state index contributed by atoms with van der Waals surface area (Å²) in [6.45, 7) is 5.97. The van der Waals surface area contributed by atoms with Crippen molar-refractivity contribution in [3.05, 3.63) is 0 Å². The average Bonchev–Trinajstić information content (AvgIpc) is 2.57. The van der Waals surface area contributed by atoms with Crippen molar-refractivity contribution >= 4 is 11.8 Å². The molecule has 152 valence electrons. The molecule has 2 N–H and O–H groups in total. The molecule has 27 heavy (non-hydrogen) atoms. The molecule has 2 amide bonds. The van der Waals surface area contributed by atoms with Crippen LogP contribution in [0, 0.1) is 29.1 Å². The van der Waals surface area contributed by atoms with Crippen LogP contribution in [-0.2, 0) is 9.59 Å². The summed E-state index contributed by atoms with van der Waals surface area (Å²) in [5.41, 5.74) is 2.72. The first-order valence-electron chi connectivity index (χ1n) is 11.2. The molecule has 4 saturated carbocycles. The van der Waals surface area contributed by atoms with Crippen molar-refractivity contribution in [1.82, 2.24) is 15.8 Å². The molecule has 5 nitrogen and oxygen atoms in total. The minimum Gasteiger partial charge on any atom is -0.353 e. The van der Waals surface area contributed by atoms with Gasteiger partial charge in [0, 0.05) is 32.0 Å². The first kappa shape index (κ1) is 19.2. The molecule has 0 unspecified atom stereocenters. The van der Waals surface area contributed by atoms with Gasteiger partial charge in [0.15, 0.2) is 0 Å². The summed E-state index contributed by atoms with van der Waals surface area (Å²) in [6.07, 6.45) is 11.1. The van der Waals surface area contributed by atoms with Crippen LogP contribution in [0.4, 0.5) is 0 Å². The summed E-state index contributed by atoms with van der Waals surface area (Å²) in [5.74, 6) is 3.45. The summed E-state index contributed by atoms with van der Waals surface area (Å²) >= 11 is 0. The number of carbonyl (C=O) groups is 2. The van der Waals surface area contributed by atoms with Crippen LogP contribution in [0.25, 0.3) is 0 Å². The maximum Gasteiger partial charge on any atom is 0.234 e. The minimum absolute atomic E-state index is 0.0457. The summed E-state index contributed by atoms with van der Waals surface area (Å²) in [5, 5.41) is 5.43. The smallest absolute Gasteiger partial charge is 0.234 e. The van der Waals surface area contributed by atoms with E-state index in [9.17, 15) is 9.59 Å².